The molecule has 1 aromatic rings. The fraction of sp³-hybridized carbons (Fsp3) is 0.771. The van der Waals surface area contributed by atoms with Gasteiger partial charge in [-0.1, -0.05) is 34.6 Å². The fourth-order valence-electron chi connectivity index (χ4n) is 12.8. The third-order valence-electron chi connectivity index (χ3n) is 14.2. The molecule has 3 aliphatic heterocycles. The van der Waals surface area contributed by atoms with Crippen molar-refractivity contribution >= 4 is 23.7 Å². The molecule has 13 nitrogen and oxygen atoms in total. The number of ether oxygens (including phenoxy) is 6. The summed E-state index contributed by atoms with van der Waals surface area (Å²) in [4.78, 5) is 54.9. The maximum absolute atomic E-state index is 14.5. The number of hydrogen-bond acceptors (Lipinski definition) is 13. The molecule has 2 N–H and O–H groups in total. The van der Waals surface area contributed by atoms with E-state index in [1.807, 2.05) is 20.8 Å². The Morgan fingerprint density at radius 1 is 1.06 bits per heavy atom. The zero-order chi connectivity index (χ0) is 34.8. The number of fused-ring (bicyclic) bond motifs is 3. The second kappa shape index (κ2) is 9.08. The summed E-state index contributed by atoms with van der Waals surface area (Å²) in [7, 11) is 1.29. The molecule has 8 rings (SSSR count). The lowest BCUT2D eigenvalue weighted by molar-refractivity contribution is -0.479. The highest BCUT2D eigenvalue weighted by molar-refractivity contribution is 6.01. The second-order valence-electron chi connectivity index (χ2n) is 16.4. The van der Waals surface area contributed by atoms with Crippen molar-refractivity contribution in [1.29, 1.82) is 0 Å². The van der Waals surface area contributed by atoms with E-state index in [9.17, 15) is 29.4 Å². The first-order valence-corrected chi connectivity index (χ1v) is 16.8. The summed E-state index contributed by atoms with van der Waals surface area (Å²) in [6.45, 7) is 11.8. The molecule has 3 spiro atoms. The van der Waals surface area contributed by atoms with Crippen molar-refractivity contribution in [2.45, 2.75) is 121 Å². The maximum atomic E-state index is 14.5. The molecule has 262 valence electrons. The van der Waals surface area contributed by atoms with Gasteiger partial charge in [0.2, 0.25) is 0 Å². The van der Waals surface area contributed by atoms with Crippen LogP contribution in [0.5, 0.6) is 0 Å². The van der Waals surface area contributed by atoms with Gasteiger partial charge in [0.15, 0.2) is 11.7 Å². The zero-order valence-electron chi connectivity index (χ0n) is 28.5. The average molecular weight is 673 g/mol. The molecule has 4 bridgehead atoms. The minimum atomic E-state index is -2.22. The van der Waals surface area contributed by atoms with Crippen LogP contribution in [0.4, 0.5) is 0 Å². The van der Waals surface area contributed by atoms with Crippen molar-refractivity contribution in [2.75, 3.05) is 7.11 Å². The molecule has 7 fully saturated rings. The summed E-state index contributed by atoms with van der Waals surface area (Å²) in [5, 5.41) is 25.8. The highest BCUT2D eigenvalue weighted by atomic mass is 16.9. The summed E-state index contributed by atoms with van der Waals surface area (Å²) in [5.74, 6) is -8.15. The first kappa shape index (κ1) is 32.4. The molecule has 14 atom stereocenters. The number of esters is 3. The Labute approximate surface area is 277 Å². The predicted octanol–water partition coefficient (Wildman–Crippen LogP) is 2.75. The van der Waals surface area contributed by atoms with E-state index >= 15 is 0 Å². The van der Waals surface area contributed by atoms with Crippen LogP contribution in [-0.2, 0) is 47.6 Å². The summed E-state index contributed by atoms with van der Waals surface area (Å²) in [5.41, 5.74) is -10.2. The smallest absolute Gasteiger partial charge is 0.317 e. The Morgan fingerprint density at radius 2 is 1.75 bits per heavy atom. The average Bonchev–Trinajstić information content (AvgIpc) is 3.71. The Morgan fingerprint density at radius 3 is 2.35 bits per heavy atom. The van der Waals surface area contributed by atoms with Crippen molar-refractivity contribution in [3.05, 3.63) is 24.2 Å². The van der Waals surface area contributed by atoms with Crippen LogP contribution in [0, 0.1) is 39.9 Å². The van der Waals surface area contributed by atoms with Crippen molar-refractivity contribution < 1.29 is 62.2 Å². The molecule has 0 radical (unpaired) electrons. The highest BCUT2D eigenvalue weighted by Gasteiger charge is 3.04. The third kappa shape index (κ3) is 3.03. The summed E-state index contributed by atoms with van der Waals surface area (Å²) in [6, 6.07) is 1.63. The number of carbonyl (C=O) groups is 4. The van der Waals surface area contributed by atoms with E-state index in [1.165, 1.54) is 26.6 Å². The van der Waals surface area contributed by atoms with Crippen LogP contribution in [-0.4, -0.2) is 81.6 Å². The zero-order valence-corrected chi connectivity index (χ0v) is 28.5. The van der Waals surface area contributed by atoms with E-state index in [2.05, 4.69) is 0 Å². The van der Waals surface area contributed by atoms with E-state index in [0.717, 1.165) is 0 Å². The minimum absolute atomic E-state index is 0.120. The standard InChI is InChI=1S/C35H44O13/c1-16(2)22(38)21-23-28(4,24(39)18-9-12-43-14-18)10-11-32-30(6)19(13-20(37)42-8)29(5)15-33(30)34(41,26(29)44-17(3)36)27(45-25(21)40)35(23,32)48-31(7,46-32)47-33/h9,12,14,16,19,21,23-24,26-27,39,41H,10-11,13,15H2,1-8H3. The Balaban J connectivity index is 1.48. The lowest BCUT2D eigenvalue weighted by Crippen LogP contribution is -2.95. The van der Waals surface area contributed by atoms with Crippen LogP contribution in [0.15, 0.2) is 23.0 Å². The van der Waals surface area contributed by atoms with Gasteiger partial charge < -0.3 is 43.1 Å². The molecule has 0 amide bonds. The molecule has 3 saturated heterocycles. The number of aliphatic hydroxyl groups is 2. The molecule has 1 aromatic heterocycles. The van der Waals surface area contributed by atoms with Gasteiger partial charge in [0.05, 0.1) is 25.7 Å². The predicted molar refractivity (Wildman–Crippen MR) is 159 cm³/mol. The van der Waals surface area contributed by atoms with E-state index < -0.39 is 110 Å². The number of aliphatic hydroxyl groups excluding tert-OH is 1. The summed E-state index contributed by atoms with van der Waals surface area (Å²) in [6.07, 6.45) is -0.805. The van der Waals surface area contributed by atoms with Crippen molar-refractivity contribution in [3.8, 4) is 0 Å². The van der Waals surface area contributed by atoms with Gasteiger partial charge in [0.1, 0.15) is 34.6 Å². The molecule has 0 aromatic carbocycles. The Hall–Kier alpha value is -2.84. The van der Waals surface area contributed by atoms with Gasteiger partial charge in [-0.3, -0.25) is 19.2 Å². The molecule has 4 heterocycles. The van der Waals surface area contributed by atoms with Gasteiger partial charge >= 0.3 is 17.9 Å². The SMILES string of the molecule is COC(=O)CC1C2(C)CC34OC5(C)OC67C(C(C(=O)C(C)C)C(=O)OC6C3(O)C2OC(C)=O)C(C)(C(O)c2ccoc2)CCC7(O5)C14C. The maximum Gasteiger partial charge on any atom is 0.317 e. The normalized spacial score (nSPS) is 52.6. The van der Waals surface area contributed by atoms with Crippen LogP contribution in [0.3, 0.4) is 0 Å². The monoisotopic (exact) mass is 672 g/mol. The third-order valence-corrected chi connectivity index (χ3v) is 14.2. The van der Waals surface area contributed by atoms with Crippen LogP contribution in [0.25, 0.3) is 0 Å². The van der Waals surface area contributed by atoms with Gasteiger partial charge in [0.25, 0.3) is 5.97 Å². The van der Waals surface area contributed by atoms with E-state index in [4.69, 9.17) is 32.8 Å². The van der Waals surface area contributed by atoms with Gasteiger partial charge in [-0.15, -0.1) is 0 Å². The van der Waals surface area contributed by atoms with E-state index in [0.29, 0.717) is 5.56 Å². The quantitative estimate of drug-likeness (QED) is 0.246. The molecule has 14 unspecified atom stereocenters. The molecule has 48 heavy (non-hydrogen) atoms. The van der Waals surface area contributed by atoms with Crippen LogP contribution < -0.4 is 0 Å². The number of ketones is 1. The fourth-order valence-corrected chi connectivity index (χ4v) is 12.8. The molecular formula is C35H44O13. The van der Waals surface area contributed by atoms with Crippen molar-refractivity contribution in [1.82, 2.24) is 0 Å². The van der Waals surface area contributed by atoms with E-state index in [-0.39, 0.29) is 25.7 Å². The molecule has 13 heteroatoms. The second-order valence-corrected chi connectivity index (χ2v) is 16.4. The van der Waals surface area contributed by atoms with Crippen molar-refractivity contribution in [3.63, 3.8) is 0 Å². The first-order valence-electron chi connectivity index (χ1n) is 16.8. The molecular weight excluding hydrogens is 628 g/mol. The van der Waals surface area contributed by atoms with Gasteiger partial charge in [-0.2, -0.15) is 0 Å². The number of rotatable bonds is 7. The van der Waals surface area contributed by atoms with E-state index in [1.54, 1.807) is 26.8 Å². The van der Waals surface area contributed by atoms with Crippen molar-refractivity contribution in [2.24, 2.45) is 39.9 Å². The number of furan rings is 1. The summed E-state index contributed by atoms with van der Waals surface area (Å²) < 4.78 is 44.0. The van der Waals surface area contributed by atoms with Gasteiger partial charge in [-0.05, 0) is 31.2 Å². The lowest BCUT2D eigenvalue weighted by Gasteiger charge is -2.78. The van der Waals surface area contributed by atoms with Gasteiger partial charge in [0, 0.05) is 53.9 Å². The Bertz CT molecular complexity index is 1640. The number of carbonyl (C=O) groups excluding carboxylic acids is 4. The number of hydrogen-bond donors (Lipinski definition) is 2. The molecule has 4 saturated carbocycles. The van der Waals surface area contributed by atoms with Crippen LogP contribution >= 0.6 is 0 Å². The Kier molecular flexibility index (Phi) is 6.13. The van der Waals surface area contributed by atoms with Crippen LogP contribution in [0.2, 0.25) is 0 Å². The molecule has 7 aliphatic rings. The topological polar surface area (TPSA) is 177 Å². The number of methoxy groups -OCH3 is 1. The summed E-state index contributed by atoms with van der Waals surface area (Å²) >= 11 is 0. The largest absolute Gasteiger partial charge is 0.472 e. The highest BCUT2D eigenvalue weighted by Crippen LogP contribution is 2.90. The molecule has 4 aliphatic carbocycles. The van der Waals surface area contributed by atoms with Gasteiger partial charge in [-0.25, -0.2) is 0 Å². The first-order chi connectivity index (χ1) is 22.3. The van der Waals surface area contributed by atoms with Crippen LogP contribution in [0.1, 0.15) is 85.8 Å². The number of Topliss-reactive ketones (excluding diaryl/α,β-unsaturated/α-hetero) is 1. The lowest BCUT2D eigenvalue weighted by atomic mass is 9.32. The minimum Gasteiger partial charge on any atom is -0.472 e.